The molecule has 4 rings (SSSR count). The van der Waals surface area contributed by atoms with Crippen molar-refractivity contribution in [2.24, 2.45) is 0 Å². The minimum absolute atomic E-state index is 0.188. The van der Waals surface area contributed by atoms with Crippen molar-refractivity contribution in [2.75, 3.05) is 7.11 Å². The van der Waals surface area contributed by atoms with E-state index in [4.69, 9.17) is 9.47 Å². The van der Waals surface area contributed by atoms with Gasteiger partial charge < -0.3 is 14.8 Å². The van der Waals surface area contributed by atoms with Crippen LogP contribution in [0.3, 0.4) is 0 Å². The van der Waals surface area contributed by atoms with Crippen LogP contribution in [0.5, 0.6) is 5.75 Å². The molecule has 0 atom stereocenters. The van der Waals surface area contributed by atoms with Gasteiger partial charge in [-0.05, 0) is 47.0 Å². The van der Waals surface area contributed by atoms with Crippen LogP contribution in [-0.4, -0.2) is 24.0 Å². The molecule has 6 nitrogen and oxygen atoms in total. The van der Waals surface area contributed by atoms with Crippen LogP contribution in [0.4, 0.5) is 0 Å². The standard InChI is InChI=1S/C22H18N2O4.C2H6/c1-27-22(26)16-4-2-3-14(9-16)11-24-21(25)15-5-6-18-17(10-15)13-28-20-12-23-8-7-19(18)20;1-2/h2-10,12H,11,13H2,1H3,(H,24,25);1-2H3. The summed E-state index contributed by atoms with van der Waals surface area (Å²) in [7, 11) is 1.34. The van der Waals surface area contributed by atoms with E-state index in [1.54, 1.807) is 36.7 Å². The van der Waals surface area contributed by atoms with Crippen molar-refractivity contribution in [2.45, 2.75) is 27.0 Å². The zero-order chi connectivity index (χ0) is 21.5. The zero-order valence-corrected chi connectivity index (χ0v) is 17.3. The first-order valence-electron chi connectivity index (χ1n) is 9.81. The molecule has 0 spiro atoms. The van der Waals surface area contributed by atoms with Crippen LogP contribution in [0.1, 0.15) is 45.7 Å². The first-order valence-corrected chi connectivity index (χ1v) is 9.81. The molecule has 0 unspecified atom stereocenters. The predicted molar refractivity (Wildman–Crippen MR) is 114 cm³/mol. The number of amides is 1. The fourth-order valence-electron chi connectivity index (χ4n) is 3.20. The maximum Gasteiger partial charge on any atom is 0.337 e. The molecule has 0 saturated carbocycles. The largest absolute Gasteiger partial charge is 0.487 e. The van der Waals surface area contributed by atoms with E-state index < -0.39 is 5.97 Å². The number of aromatic nitrogens is 1. The van der Waals surface area contributed by atoms with Gasteiger partial charge in [-0.2, -0.15) is 0 Å². The Labute approximate surface area is 175 Å². The molecule has 0 radical (unpaired) electrons. The first kappa shape index (κ1) is 21.0. The highest BCUT2D eigenvalue weighted by Gasteiger charge is 2.18. The molecule has 6 heteroatoms. The molecule has 1 aliphatic rings. The number of hydrogen-bond donors (Lipinski definition) is 1. The third-order valence-electron chi connectivity index (χ3n) is 4.63. The quantitative estimate of drug-likeness (QED) is 0.653. The first-order chi connectivity index (χ1) is 14.7. The van der Waals surface area contributed by atoms with Crippen molar-refractivity contribution < 1.29 is 19.1 Å². The van der Waals surface area contributed by atoms with Crippen molar-refractivity contribution in [3.05, 3.63) is 83.2 Å². The Morgan fingerprint density at radius 2 is 1.90 bits per heavy atom. The highest BCUT2D eigenvalue weighted by molar-refractivity contribution is 5.95. The van der Waals surface area contributed by atoms with Crippen LogP contribution >= 0.6 is 0 Å². The third-order valence-corrected chi connectivity index (χ3v) is 4.63. The van der Waals surface area contributed by atoms with E-state index in [-0.39, 0.29) is 5.91 Å². The minimum Gasteiger partial charge on any atom is -0.487 e. The van der Waals surface area contributed by atoms with Gasteiger partial charge >= 0.3 is 5.97 Å². The summed E-state index contributed by atoms with van der Waals surface area (Å²) in [6.45, 7) is 4.71. The Balaban J connectivity index is 0.00000124. The van der Waals surface area contributed by atoms with Crippen molar-refractivity contribution in [3.63, 3.8) is 0 Å². The number of fused-ring (bicyclic) bond motifs is 3. The SMILES string of the molecule is CC.COC(=O)c1cccc(CNC(=O)c2ccc3c(c2)COc2cnccc2-3)c1. The van der Waals surface area contributed by atoms with E-state index in [9.17, 15) is 9.59 Å². The summed E-state index contributed by atoms with van der Waals surface area (Å²) >= 11 is 0. The minimum atomic E-state index is -0.404. The number of ether oxygens (including phenoxy) is 2. The van der Waals surface area contributed by atoms with E-state index >= 15 is 0 Å². The molecule has 0 aliphatic carbocycles. The maximum absolute atomic E-state index is 12.6. The van der Waals surface area contributed by atoms with Gasteiger partial charge in [0.2, 0.25) is 0 Å². The van der Waals surface area contributed by atoms with Crippen molar-refractivity contribution in [1.29, 1.82) is 0 Å². The molecule has 154 valence electrons. The van der Waals surface area contributed by atoms with E-state index in [0.717, 1.165) is 28.0 Å². The average Bonchev–Trinajstić information content (AvgIpc) is 2.83. The fourth-order valence-corrected chi connectivity index (χ4v) is 3.20. The Kier molecular flexibility index (Phi) is 6.80. The number of rotatable bonds is 4. The Morgan fingerprint density at radius 1 is 1.07 bits per heavy atom. The predicted octanol–water partition coefficient (Wildman–Crippen LogP) is 4.38. The molecule has 0 fully saturated rings. The van der Waals surface area contributed by atoms with Crippen molar-refractivity contribution >= 4 is 11.9 Å². The lowest BCUT2D eigenvalue weighted by atomic mass is 9.96. The highest BCUT2D eigenvalue weighted by atomic mass is 16.5. The molecule has 1 N–H and O–H groups in total. The van der Waals surface area contributed by atoms with Gasteiger partial charge in [-0.15, -0.1) is 0 Å². The monoisotopic (exact) mass is 404 g/mol. The summed E-state index contributed by atoms with van der Waals surface area (Å²) in [5.41, 5.74) is 4.81. The molecular weight excluding hydrogens is 380 g/mol. The fraction of sp³-hybridized carbons (Fsp3) is 0.208. The van der Waals surface area contributed by atoms with Crippen LogP contribution in [0.15, 0.2) is 60.9 Å². The Hall–Kier alpha value is -3.67. The molecule has 2 aromatic carbocycles. The van der Waals surface area contributed by atoms with Crippen LogP contribution in [0.25, 0.3) is 11.1 Å². The van der Waals surface area contributed by atoms with Crippen LogP contribution in [0, 0.1) is 0 Å². The molecule has 1 aliphatic heterocycles. The van der Waals surface area contributed by atoms with Crippen LogP contribution in [0.2, 0.25) is 0 Å². The number of nitrogens with one attached hydrogen (secondary N) is 1. The molecule has 0 saturated heterocycles. The van der Waals surface area contributed by atoms with Gasteiger partial charge in [-0.3, -0.25) is 9.78 Å². The highest BCUT2D eigenvalue weighted by Crippen LogP contribution is 2.36. The van der Waals surface area contributed by atoms with Crippen molar-refractivity contribution in [3.8, 4) is 16.9 Å². The lowest BCUT2D eigenvalue weighted by Gasteiger charge is -2.20. The van der Waals surface area contributed by atoms with Gasteiger partial charge in [0.1, 0.15) is 12.4 Å². The maximum atomic E-state index is 12.6. The van der Waals surface area contributed by atoms with E-state index in [1.165, 1.54) is 7.11 Å². The Morgan fingerprint density at radius 3 is 2.70 bits per heavy atom. The number of carbonyl (C=O) groups excluding carboxylic acids is 2. The molecule has 30 heavy (non-hydrogen) atoms. The summed E-state index contributed by atoms with van der Waals surface area (Å²) < 4.78 is 10.4. The van der Waals surface area contributed by atoms with Gasteiger partial charge in [0, 0.05) is 23.9 Å². The van der Waals surface area contributed by atoms with Gasteiger partial charge in [-0.1, -0.05) is 32.0 Å². The summed E-state index contributed by atoms with van der Waals surface area (Å²) in [4.78, 5) is 28.3. The van der Waals surface area contributed by atoms with Crippen LogP contribution in [-0.2, 0) is 17.9 Å². The summed E-state index contributed by atoms with van der Waals surface area (Å²) in [5.74, 6) is 0.155. The van der Waals surface area contributed by atoms with Crippen molar-refractivity contribution in [1.82, 2.24) is 10.3 Å². The van der Waals surface area contributed by atoms with Gasteiger partial charge in [0.15, 0.2) is 0 Å². The molecule has 1 amide bonds. The van der Waals surface area contributed by atoms with E-state index in [1.807, 2.05) is 38.1 Å². The number of benzene rings is 2. The second-order valence-corrected chi connectivity index (χ2v) is 6.41. The van der Waals surface area contributed by atoms with E-state index in [0.29, 0.717) is 24.3 Å². The third kappa shape index (κ3) is 4.49. The number of pyridine rings is 1. The molecule has 3 aromatic rings. The number of esters is 1. The molecule has 1 aromatic heterocycles. The topological polar surface area (TPSA) is 77.5 Å². The normalized spacial score (nSPS) is 11.0. The number of nitrogens with zero attached hydrogens (tertiary/aromatic N) is 1. The zero-order valence-electron chi connectivity index (χ0n) is 17.3. The van der Waals surface area contributed by atoms with Gasteiger partial charge in [-0.25, -0.2) is 4.79 Å². The van der Waals surface area contributed by atoms with E-state index in [2.05, 4.69) is 10.3 Å². The van der Waals surface area contributed by atoms with Gasteiger partial charge in [0.05, 0.1) is 18.9 Å². The second kappa shape index (κ2) is 9.69. The van der Waals surface area contributed by atoms with Crippen LogP contribution < -0.4 is 10.1 Å². The summed E-state index contributed by atoms with van der Waals surface area (Å²) in [5, 5.41) is 2.88. The number of hydrogen-bond acceptors (Lipinski definition) is 5. The lowest BCUT2D eigenvalue weighted by Crippen LogP contribution is -2.23. The summed E-state index contributed by atoms with van der Waals surface area (Å²) in [6.07, 6.45) is 3.42. The lowest BCUT2D eigenvalue weighted by molar-refractivity contribution is 0.0600. The second-order valence-electron chi connectivity index (χ2n) is 6.41. The molecule has 2 heterocycles. The molecular formula is C24H24N2O4. The number of methoxy groups -OCH3 is 1. The summed E-state index contributed by atoms with van der Waals surface area (Å²) in [6, 6.07) is 14.5. The number of carbonyl (C=O) groups is 2. The average molecular weight is 404 g/mol. The smallest absolute Gasteiger partial charge is 0.337 e. The Bertz CT molecular complexity index is 1060. The van der Waals surface area contributed by atoms with Gasteiger partial charge in [0.25, 0.3) is 5.91 Å². The molecule has 0 bridgehead atoms.